The largest absolute Gasteiger partial charge is 0.359 e. The number of aryl methyl sites for hydroxylation is 1. The van der Waals surface area contributed by atoms with E-state index in [1.165, 1.54) is 45.1 Å². The van der Waals surface area contributed by atoms with Gasteiger partial charge in [0.15, 0.2) is 0 Å². The summed E-state index contributed by atoms with van der Waals surface area (Å²) in [5.41, 5.74) is 1.71. The number of hydrogen-bond donors (Lipinski definition) is 0. The summed E-state index contributed by atoms with van der Waals surface area (Å²) in [6.45, 7) is 0. The Morgan fingerprint density at radius 3 is 1.35 bits per heavy atom. The molecule has 0 aliphatic heterocycles. The van der Waals surface area contributed by atoms with Crippen molar-refractivity contribution < 1.29 is 20.1 Å². The minimum absolute atomic E-state index is 0. The van der Waals surface area contributed by atoms with Crippen LogP contribution in [0.25, 0.3) is 11.4 Å². The predicted octanol–water partition coefficient (Wildman–Crippen LogP) is 6.06. The third kappa shape index (κ3) is 8.37. The van der Waals surface area contributed by atoms with Gasteiger partial charge in [-0.2, -0.15) is 0 Å². The number of hydrogen-bond acceptors (Lipinski definition) is 3. The molecule has 0 amide bonds. The molecule has 2 heterocycles. The van der Waals surface area contributed by atoms with Crippen LogP contribution in [0.3, 0.4) is 0 Å². The predicted molar refractivity (Wildman–Crippen MR) is 174 cm³/mol. The van der Waals surface area contributed by atoms with Crippen LogP contribution in [0.15, 0.2) is 139 Å². The van der Waals surface area contributed by atoms with Crippen LogP contribution in [0.1, 0.15) is 0 Å². The zero-order valence-electron chi connectivity index (χ0n) is 22.3. The molecule has 3 nitrogen and oxygen atoms in total. The molecule has 0 unspecified atom stereocenters. The molecule has 2 aromatic heterocycles. The quantitative estimate of drug-likeness (QED) is 0.140. The molecule has 1 radical (unpaired) electrons. The van der Waals surface area contributed by atoms with Crippen molar-refractivity contribution in [1.29, 1.82) is 0 Å². The van der Waals surface area contributed by atoms with Crippen LogP contribution >= 0.6 is 27.4 Å². The molecule has 0 spiro atoms. The molecule has 0 aliphatic rings. The van der Waals surface area contributed by atoms with Crippen molar-refractivity contribution in [2.24, 2.45) is 7.05 Å². The minimum atomic E-state index is -0.783. The number of imidazole rings is 1. The molecule has 6 rings (SSSR count). The van der Waals surface area contributed by atoms with E-state index in [1.54, 1.807) is 6.33 Å². The standard InChI is InChI=1S/C26H24P2.C7H6N3S.Ir/c1-5-13-23(14-6-1)27(24-15-7-2-8-16-24)21-22-28(25-17-9-3-10-18-25)26-19-11-4-12-20-26;1-10-4-7(8-5-10)6-2-3-11-9-6;/h1-20H,21-22H2;3-5H,1H3;/q;-1;/p+2. The third-order valence-electron chi connectivity index (χ3n) is 6.45. The van der Waals surface area contributed by atoms with Crippen molar-refractivity contribution in [3.63, 3.8) is 0 Å². The number of aromatic nitrogens is 3. The van der Waals surface area contributed by atoms with Crippen LogP contribution in [0.5, 0.6) is 0 Å². The summed E-state index contributed by atoms with van der Waals surface area (Å²) < 4.78 is 6.00. The summed E-state index contributed by atoms with van der Waals surface area (Å²) in [4.78, 5) is 4.13. The monoisotopic (exact) mass is 757 g/mol. The first-order valence-electron chi connectivity index (χ1n) is 13.0. The van der Waals surface area contributed by atoms with Crippen molar-refractivity contribution in [3.8, 4) is 11.4 Å². The first kappa shape index (κ1) is 30.2. The summed E-state index contributed by atoms with van der Waals surface area (Å²) >= 11 is 1.39. The third-order valence-corrected chi connectivity index (χ3v) is 13.1. The van der Waals surface area contributed by atoms with Gasteiger partial charge in [-0.1, -0.05) is 102 Å². The Balaban J connectivity index is 0.000000258. The van der Waals surface area contributed by atoms with E-state index in [2.05, 4.69) is 137 Å². The van der Waals surface area contributed by atoms with Crippen LogP contribution in [-0.2, 0) is 27.2 Å². The molecule has 0 N–H and O–H groups in total. The van der Waals surface area contributed by atoms with E-state index < -0.39 is 15.8 Å². The summed E-state index contributed by atoms with van der Waals surface area (Å²) in [5.74, 6) is 0. The summed E-state index contributed by atoms with van der Waals surface area (Å²) in [6, 6.07) is 47.5. The van der Waals surface area contributed by atoms with Gasteiger partial charge >= 0.3 is 0 Å². The topological polar surface area (TPSA) is 30.7 Å². The molecule has 0 bridgehead atoms. The van der Waals surface area contributed by atoms with Gasteiger partial charge in [0.2, 0.25) is 0 Å². The van der Waals surface area contributed by atoms with Crippen molar-refractivity contribution >= 4 is 48.6 Å². The molecule has 0 saturated carbocycles. The van der Waals surface area contributed by atoms with Crippen LogP contribution in [0, 0.1) is 6.07 Å². The van der Waals surface area contributed by atoms with Crippen molar-refractivity contribution in [2.75, 3.05) is 12.3 Å². The van der Waals surface area contributed by atoms with E-state index in [9.17, 15) is 0 Å². The van der Waals surface area contributed by atoms with Gasteiger partial charge in [-0.15, -0.1) is 0 Å². The Labute approximate surface area is 257 Å². The first-order chi connectivity index (χ1) is 19.3. The average Bonchev–Trinajstić information content (AvgIpc) is 3.70. The van der Waals surface area contributed by atoms with E-state index in [-0.39, 0.29) is 20.1 Å². The normalized spacial score (nSPS) is 10.6. The average molecular weight is 757 g/mol. The smallest absolute Gasteiger partial charge is 0.101 e. The van der Waals surface area contributed by atoms with Gasteiger partial charge in [0.05, 0.1) is 43.4 Å². The second-order valence-electron chi connectivity index (χ2n) is 9.15. The fourth-order valence-electron chi connectivity index (χ4n) is 4.56. The van der Waals surface area contributed by atoms with Gasteiger partial charge in [0.1, 0.15) is 12.3 Å². The van der Waals surface area contributed by atoms with Gasteiger partial charge in [0.25, 0.3) is 0 Å². The first-order valence-corrected chi connectivity index (χ1v) is 17.3. The Kier molecular flexibility index (Phi) is 12.0. The summed E-state index contributed by atoms with van der Waals surface area (Å²) in [6.07, 6.45) is 6.20. The SMILES string of the molecule is Cn1cnc(-c2[c-]csn2)c1.[Ir].c1ccc([PH+](CC[PH+](c2ccccc2)c2ccccc2)c2ccccc2)cc1. The number of nitrogens with zero attached hydrogens (tertiary/aromatic N) is 3. The fraction of sp³-hybridized carbons (Fsp3) is 0.0909. The maximum absolute atomic E-state index is 4.13. The Morgan fingerprint density at radius 2 is 1.05 bits per heavy atom. The van der Waals surface area contributed by atoms with Crippen molar-refractivity contribution in [2.45, 2.75) is 0 Å². The fourth-order valence-corrected chi connectivity index (χ4v) is 11.2. The molecule has 0 atom stereocenters. The van der Waals surface area contributed by atoms with Gasteiger partial charge in [-0.25, -0.2) is 10.4 Å². The number of benzene rings is 4. The van der Waals surface area contributed by atoms with E-state index in [0.29, 0.717) is 0 Å². The van der Waals surface area contributed by atoms with E-state index in [1.807, 2.05) is 23.2 Å². The minimum Gasteiger partial charge on any atom is -0.359 e. The number of rotatable bonds is 8. The molecular weight excluding hydrogens is 725 g/mol. The van der Waals surface area contributed by atoms with E-state index >= 15 is 0 Å². The van der Waals surface area contributed by atoms with Crippen LogP contribution in [-0.4, -0.2) is 26.2 Å². The van der Waals surface area contributed by atoms with Crippen molar-refractivity contribution in [1.82, 2.24) is 13.9 Å². The Bertz CT molecular complexity index is 1350. The molecule has 0 saturated heterocycles. The molecule has 203 valence electrons. The zero-order chi connectivity index (χ0) is 26.7. The van der Waals surface area contributed by atoms with Gasteiger partial charge < -0.3 is 9.55 Å². The molecular formula is C33H32IrN3P2S+. The van der Waals surface area contributed by atoms with Gasteiger partial charge in [0, 0.05) is 27.2 Å². The molecule has 40 heavy (non-hydrogen) atoms. The molecule has 4 aromatic carbocycles. The second kappa shape index (κ2) is 15.9. The molecule has 0 fully saturated rings. The molecule has 6 aromatic rings. The zero-order valence-corrected chi connectivity index (χ0v) is 27.5. The van der Waals surface area contributed by atoms with E-state index in [0.717, 1.165) is 11.4 Å². The van der Waals surface area contributed by atoms with Crippen LogP contribution < -0.4 is 21.2 Å². The maximum atomic E-state index is 4.13. The van der Waals surface area contributed by atoms with Gasteiger partial charge in [-0.3, -0.25) is 0 Å². The van der Waals surface area contributed by atoms with Crippen LogP contribution in [0.2, 0.25) is 0 Å². The molecule has 7 heteroatoms. The maximum Gasteiger partial charge on any atom is 0.101 e. The van der Waals surface area contributed by atoms with Crippen molar-refractivity contribution in [3.05, 3.63) is 145 Å². The summed E-state index contributed by atoms with van der Waals surface area (Å²) in [5, 5.41) is 7.88. The Morgan fingerprint density at radius 1 is 0.650 bits per heavy atom. The van der Waals surface area contributed by atoms with E-state index in [4.69, 9.17) is 0 Å². The summed E-state index contributed by atoms with van der Waals surface area (Å²) in [7, 11) is 0.367. The second-order valence-corrected chi connectivity index (χ2v) is 15.0. The molecule has 0 aliphatic carbocycles. The van der Waals surface area contributed by atoms with Gasteiger partial charge in [-0.05, 0) is 54.2 Å². The van der Waals surface area contributed by atoms with Crippen LogP contribution in [0.4, 0.5) is 0 Å². The Hall–Kier alpha value is -2.77.